The van der Waals surface area contributed by atoms with Crippen molar-refractivity contribution in [3.8, 4) is 11.5 Å². The maximum absolute atomic E-state index is 5.65. The summed E-state index contributed by atoms with van der Waals surface area (Å²) >= 11 is 3.61. The molecule has 1 unspecified atom stereocenters. The van der Waals surface area contributed by atoms with Gasteiger partial charge in [-0.2, -0.15) is 0 Å². The summed E-state index contributed by atoms with van der Waals surface area (Å²) in [4.78, 5) is 9.30. The fraction of sp³-hybridized carbons (Fsp3) is 0.400. The Morgan fingerprint density at radius 3 is 2.96 bits per heavy atom. The van der Waals surface area contributed by atoms with E-state index in [9.17, 15) is 0 Å². The van der Waals surface area contributed by atoms with Gasteiger partial charge in [0.15, 0.2) is 5.82 Å². The number of hydrogen-bond donors (Lipinski definition) is 1. The summed E-state index contributed by atoms with van der Waals surface area (Å²) in [6.07, 6.45) is 5.89. The van der Waals surface area contributed by atoms with E-state index in [0.717, 1.165) is 58.3 Å². The average Bonchev–Trinajstić information content (AvgIpc) is 3.10. The summed E-state index contributed by atoms with van der Waals surface area (Å²) in [5.41, 5.74) is 1.94. The Morgan fingerprint density at radius 1 is 1.32 bits per heavy atom. The first kappa shape index (κ1) is 19.0. The number of imidazole rings is 1. The molecule has 28 heavy (non-hydrogen) atoms. The molecule has 3 heterocycles. The molecule has 3 aromatic rings. The van der Waals surface area contributed by atoms with Crippen molar-refractivity contribution in [3.05, 3.63) is 46.6 Å². The minimum atomic E-state index is 0.296. The fourth-order valence-corrected chi connectivity index (χ4v) is 4.12. The molecule has 0 bridgehead atoms. The molecule has 0 saturated carbocycles. The number of benzene rings is 1. The van der Waals surface area contributed by atoms with Crippen molar-refractivity contribution in [2.24, 2.45) is 0 Å². The summed E-state index contributed by atoms with van der Waals surface area (Å²) in [6, 6.07) is 5.78. The van der Waals surface area contributed by atoms with E-state index in [4.69, 9.17) is 19.2 Å². The van der Waals surface area contributed by atoms with Gasteiger partial charge in [0.25, 0.3) is 0 Å². The molecule has 1 N–H and O–H groups in total. The number of hydrogen-bond acceptors (Lipinski definition) is 6. The molecular formula is C20H23BrN4O3. The highest BCUT2D eigenvalue weighted by molar-refractivity contribution is 9.10. The van der Waals surface area contributed by atoms with E-state index >= 15 is 0 Å². The zero-order valence-electron chi connectivity index (χ0n) is 15.9. The zero-order chi connectivity index (χ0) is 19.5. The van der Waals surface area contributed by atoms with Crippen LogP contribution >= 0.6 is 15.9 Å². The molecule has 8 heteroatoms. The molecule has 1 aliphatic rings. The highest BCUT2D eigenvalue weighted by atomic mass is 79.9. The van der Waals surface area contributed by atoms with Crippen LogP contribution in [0, 0.1) is 0 Å². The van der Waals surface area contributed by atoms with Crippen LogP contribution in [-0.2, 0) is 11.3 Å². The van der Waals surface area contributed by atoms with Crippen molar-refractivity contribution in [1.82, 2.24) is 14.4 Å². The Balaban J connectivity index is 1.62. The highest BCUT2D eigenvalue weighted by Gasteiger charge is 2.23. The first-order valence-electron chi connectivity index (χ1n) is 9.26. The van der Waals surface area contributed by atoms with Crippen LogP contribution in [-0.4, -0.2) is 41.8 Å². The van der Waals surface area contributed by atoms with Gasteiger partial charge in [0.2, 0.25) is 0 Å². The Labute approximate surface area is 172 Å². The topological polar surface area (TPSA) is 69.9 Å². The third-order valence-electron chi connectivity index (χ3n) is 5.01. The van der Waals surface area contributed by atoms with Crippen LogP contribution in [0.4, 0.5) is 5.82 Å². The van der Waals surface area contributed by atoms with Gasteiger partial charge in [-0.25, -0.2) is 9.97 Å². The van der Waals surface area contributed by atoms with Crippen molar-refractivity contribution in [1.29, 1.82) is 0 Å². The molecule has 148 valence electrons. The van der Waals surface area contributed by atoms with E-state index in [-0.39, 0.29) is 0 Å². The Bertz CT molecular complexity index is 969. The van der Waals surface area contributed by atoms with Gasteiger partial charge in [0.1, 0.15) is 27.4 Å². The fourth-order valence-electron chi connectivity index (χ4n) is 3.56. The molecule has 0 aliphatic carbocycles. The molecule has 1 atom stereocenters. The number of rotatable bonds is 6. The number of halogens is 1. The van der Waals surface area contributed by atoms with Gasteiger partial charge in [-0.05, 0) is 40.9 Å². The van der Waals surface area contributed by atoms with E-state index in [0.29, 0.717) is 19.1 Å². The lowest BCUT2D eigenvalue weighted by Crippen LogP contribution is -2.18. The van der Waals surface area contributed by atoms with Crippen LogP contribution in [0.15, 0.2) is 35.2 Å². The van der Waals surface area contributed by atoms with Crippen LogP contribution < -0.4 is 14.8 Å². The molecule has 4 rings (SSSR count). The zero-order valence-corrected chi connectivity index (χ0v) is 17.5. The van der Waals surface area contributed by atoms with Gasteiger partial charge in [-0.1, -0.05) is 0 Å². The Kier molecular flexibility index (Phi) is 5.68. The molecule has 0 spiro atoms. The van der Waals surface area contributed by atoms with Crippen molar-refractivity contribution < 1.29 is 14.2 Å². The lowest BCUT2D eigenvalue weighted by Gasteiger charge is -2.21. The first-order chi connectivity index (χ1) is 13.7. The van der Waals surface area contributed by atoms with Crippen molar-refractivity contribution in [2.45, 2.75) is 25.3 Å². The quantitative estimate of drug-likeness (QED) is 0.616. The number of ether oxygens (including phenoxy) is 3. The Morgan fingerprint density at radius 2 is 2.21 bits per heavy atom. The summed E-state index contributed by atoms with van der Waals surface area (Å²) < 4.78 is 19.3. The third kappa shape index (κ3) is 3.66. The SMILES string of the molecule is COc1ccc(CNc2nccn3c(C4CCCOC4)nc(Br)c23)c(OC)c1. The van der Waals surface area contributed by atoms with E-state index in [1.807, 2.05) is 24.4 Å². The van der Waals surface area contributed by atoms with E-state index < -0.39 is 0 Å². The van der Waals surface area contributed by atoms with E-state index in [1.54, 1.807) is 20.4 Å². The van der Waals surface area contributed by atoms with Crippen LogP contribution in [0.1, 0.15) is 30.1 Å². The lowest BCUT2D eigenvalue weighted by atomic mass is 10.0. The molecule has 1 aromatic carbocycles. The van der Waals surface area contributed by atoms with Crippen LogP contribution in [0.3, 0.4) is 0 Å². The molecule has 0 amide bonds. The summed E-state index contributed by atoms with van der Waals surface area (Å²) in [5, 5.41) is 3.42. The van der Waals surface area contributed by atoms with Gasteiger partial charge in [-0.15, -0.1) is 0 Å². The van der Waals surface area contributed by atoms with Gasteiger partial charge in [-0.3, -0.25) is 4.40 Å². The molecule has 0 radical (unpaired) electrons. The molecule has 1 fully saturated rings. The number of methoxy groups -OCH3 is 2. The van der Waals surface area contributed by atoms with Gasteiger partial charge in [0, 0.05) is 43.1 Å². The van der Waals surface area contributed by atoms with Crippen molar-refractivity contribution in [2.75, 3.05) is 32.8 Å². The first-order valence-corrected chi connectivity index (χ1v) is 10.1. The third-order valence-corrected chi connectivity index (χ3v) is 5.56. The maximum Gasteiger partial charge on any atom is 0.153 e. The van der Waals surface area contributed by atoms with Gasteiger partial charge >= 0.3 is 0 Å². The monoisotopic (exact) mass is 446 g/mol. The molecule has 2 aromatic heterocycles. The van der Waals surface area contributed by atoms with Gasteiger partial charge < -0.3 is 19.5 Å². The Hall–Kier alpha value is -2.32. The average molecular weight is 447 g/mol. The molecule has 1 saturated heterocycles. The van der Waals surface area contributed by atoms with Crippen LogP contribution in [0.2, 0.25) is 0 Å². The predicted octanol–water partition coefficient (Wildman–Crippen LogP) is 4.02. The van der Waals surface area contributed by atoms with Crippen molar-refractivity contribution in [3.63, 3.8) is 0 Å². The van der Waals surface area contributed by atoms with E-state index in [2.05, 4.69) is 30.6 Å². The number of fused-ring (bicyclic) bond motifs is 1. The normalized spacial score (nSPS) is 16.9. The number of nitrogens with one attached hydrogen (secondary N) is 1. The highest BCUT2D eigenvalue weighted by Crippen LogP contribution is 2.32. The molecular weight excluding hydrogens is 424 g/mol. The summed E-state index contributed by atoms with van der Waals surface area (Å²) in [5.74, 6) is 3.60. The molecule has 1 aliphatic heterocycles. The number of nitrogens with zero attached hydrogens (tertiary/aromatic N) is 3. The second-order valence-electron chi connectivity index (χ2n) is 6.70. The maximum atomic E-state index is 5.65. The smallest absolute Gasteiger partial charge is 0.153 e. The molecule has 7 nitrogen and oxygen atoms in total. The largest absolute Gasteiger partial charge is 0.497 e. The number of aromatic nitrogens is 3. The minimum Gasteiger partial charge on any atom is -0.497 e. The lowest BCUT2D eigenvalue weighted by molar-refractivity contribution is 0.0779. The minimum absolute atomic E-state index is 0.296. The summed E-state index contributed by atoms with van der Waals surface area (Å²) in [6.45, 7) is 2.11. The van der Waals surface area contributed by atoms with Crippen LogP contribution in [0.5, 0.6) is 11.5 Å². The van der Waals surface area contributed by atoms with Crippen molar-refractivity contribution >= 4 is 27.3 Å². The van der Waals surface area contributed by atoms with Crippen LogP contribution in [0.25, 0.3) is 5.52 Å². The van der Waals surface area contributed by atoms with E-state index in [1.165, 1.54) is 0 Å². The van der Waals surface area contributed by atoms with Gasteiger partial charge in [0.05, 0.1) is 20.8 Å². The standard InChI is InChI=1S/C20H23BrN4O3/c1-26-15-6-5-13(16(10-15)27-2)11-23-19-17-18(21)24-20(25(17)8-7-22-19)14-4-3-9-28-12-14/h5-8,10,14H,3-4,9,11-12H2,1-2H3,(H,22,23). The predicted molar refractivity (Wildman–Crippen MR) is 110 cm³/mol. The number of anilines is 1. The summed E-state index contributed by atoms with van der Waals surface area (Å²) in [7, 11) is 3.30. The second-order valence-corrected chi connectivity index (χ2v) is 7.45. The second kappa shape index (κ2) is 8.36.